The molecule has 1 heterocycles. The Bertz CT molecular complexity index is 809. The second-order valence-electron chi connectivity index (χ2n) is 6.75. The predicted octanol–water partition coefficient (Wildman–Crippen LogP) is 1.01. The van der Waals surface area contributed by atoms with E-state index < -0.39 is 16.1 Å². The zero-order valence-electron chi connectivity index (χ0n) is 15.6. The molecule has 0 radical (unpaired) electrons. The number of hydrogen-bond acceptors (Lipinski definition) is 5. The summed E-state index contributed by atoms with van der Waals surface area (Å²) in [5.41, 5.74) is 0.831. The van der Waals surface area contributed by atoms with Gasteiger partial charge in [0.05, 0.1) is 18.4 Å². The van der Waals surface area contributed by atoms with Crippen molar-refractivity contribution in [1.29, 1.82) is 0 Å². The summed E-state index contributed by atoms with van der Waals surface area (Å²) in [5.74, 6) is -0.154. The van der Waals surface area contributed by atoms with Crippen LogP contribution in [0.3, 0.4) is 0 Å². The summed E-state index contributed by atoms with van der Waals surface area (Å²) in [4.78, 5) is 25.5. The first kappa shape index (κ1) is 20.2. The molecule has 1 aromatic rings. The number of anilines is 1. The number of nitrogens with one attached hydrogen (secondary N) is 1. The molecule has 26 heavy (non-hydrogen) atoms. The molecule has 0 aliphatic carbocycles. The third-order valence-corrected chi connectivity index (χ3v) is 5.64. The molecule has 0 spiro atoms. The van der Waals surface area contributed by atoms with Crippen LogP contribution in [0.15, 0.2) is 18.2 Å². The normalized spacial score (nSPS) is 20.8. The van der Waals surface area contributed by atoms with Gasteiger partial charge < -0.3 is 15.0 Å². The van der Waals surface area contributed by atoms with Crippen LogP contribution in [0.2, 0.25) is 0 Å². The number of amides is 2. The van der Waals surface area contributed by atoms with E-state index in [1.165, 1.54) is 18.3 Å². The number of rotatable bonds is 4. The SMILES string of the molecule is CC(=O)Nc1ccc2c(c1)C(=O)N(C)C[C@H](C)[C@@H](CN(C)S(C)(=O)=O)O2. The molecule has 0 unspecified atom stereocenters. The summed E-state index contributed by atoms with van der Waals surface area (Å²) >= 11 is 0. The van der Waals surface area contributed by atoms with E-state index in [1.54, 1.807) is 30.1 Å². The predicted molar refractivity (Wildman–Crippen MR) is 98.8 cm³/mol. The van der Waals surface area contributed by atoms with Gasteiger partial charge in [-0.15, -0.1) is 0 Å². The second kappa shape index (κ2) is 7.63. The van der Waals surface area contributed by atoms with Gasteiger partial charge in [0, 0.05) is 39.2 Å². The van der Waals surface area contributed by atoms with Crippen LogP contribution in [0.4, 0.5) is 5.69 Å². The lowest BCUT2D eigenvalue weighted by Gasteiger charge is -2.34. The number of sulfonamides is 1. The smallest absolute Gasteiger partial charge is 0.257 e. The van der Waals surface area contributed by atoms with Crippen molar-refractivity contribution >= 4 is 27.5 Å². The Balaban J connectivity index is 2.39. The van der Waals surface area contributed by atoms with Gasteiger partial charge in [-0.05, 0) is 18.2 Å². The number of nitrogens with zero attached hydrogens (tertiary/aromatic N) is 2. The fourth-order valence-electron chi connectivity index (χ4n) is 2.80. The molecule has 0 fully saturated rings. The summed E-state index contributed by atoms with van der Waals surface area (Å²) in [6, 6.07) is 4.85. The molecular formula is C17H25N3O5S. The highest BCUT2D eigenvalue weighted by atomic mass is 32.2. The molecule has 0 saturated heterocycles. The van der Waals surface area contributed by atoms with E-state index in [1.807, 2.05) is 6.92 Å². The van der Waals surface area contributed by atoms with Crippen LogP contribution in [0.1, 0.15) is 24.2 Å². The minimum Gasteiger partial charge on any atom is -0.488 e. The minimum atomic E-state index is -3.34. The van der Waals surface area contributed by atoms with E-state index >= 15 is 0 Å². The molecule has 144 valence electrons. The minimum absolute atomic E-state index is 0.0729. The molecule has 0 bridgehead atoms. The highest BCUT2D eigenvalue weighted by Crippen LogP contribution is 2.29. The first-order valence-electron chi connectivity index (χ1n) is 8.24. The second-order valence-corrected chi connectivity index (χ2v) is 8.84. The Labute approximate surface area is 154 Å². The van der Waals surface area contributed by atoms with E-state index in [-0.39, 0.29) is 24.3 Å². The molecule has 1 aliphatic rings. The summed E-state index contributed by atoms with van der Waals surface area (Å²) in [7, 11) is -0.153. The average molecular weight is 383 g/mol. The van der Waals surface area contributed by atoms with Crippen LogP contribution in [0.25, 0.3) is 0 Å². The summed E-state index contributed by atoms with van der Waals surface area (Å²) < 4.78 is 30.7. The van der Waals surface area contributed by atoms with Gasteiger partial charge in [-0.1, -0.05) is 6.92 Å². The van der Waals surface area contributed by atoms with Crippen molar-refractivity contribution in [1.82, 2.24) is 9.21 Å². The fraction of sp³-hybridized carbons (Fsp3) is 0.529. The summed E-state index contributed by atoms with van der Waals surface area (Å²) in [6.45, 7) is 3.90. The molecule has 0 saturated carbocycles. The quantitative estimate of drug-likeness (QED) is 0.837. The lowest BCUT2D eigenvalue weighted by molar-refractivity contribution is -0.114. The maximum atomic E-state index is 12.7. The number of fused-ring (bicyclic) bond motifs is 1. The highest BCUT2D eigenvalue weighted by Gasteiger charge is 2.31. The fourth-order valence-corrected chi connectivity index (χ4v) is 3.22. The number of benzene rings is 1. The maximum Gasteiger partial charge on any atom is 0.257 e. The van der Waals surface area contributed by atoms with E-state index in [0.717, 1.165) is 6.26 Å². The van der Waals surface area contributed by atoms with Crippen molar-refractivity contribution in [3.63, 3.8) is 0 Å². The maximum absolute atomic E-state index is 12.7. The Morgan fingerprint density at radius 3 is 2.65 bits per heavy atom. The van der Waals surface area contributed by atoms with Gasteiger partial charge >= 0.3 is 0 Å². The van der Waals surface area contributed by atoms with Gasteiger partial charge in [-0.3, -0.25) is 9.59 Å². The molecule has 9 heteroatoms. The van der Waals surface area contributed by atoms with Crippen molar-refractivity contribution < 1.29 is 22.7 Å². The molecule has 8 nitrogen and oxygen atoms in total. The molecule has 1 aliphatic heterocycles. The van der Waals surface area contributed by atoms with Gasteiger partial charge in [0.15, 0.2) is 0 Å². The Kier molecular flexibility index (Phi) is 5.92. The van der Waals surface area contributed by atoms with Crippen molar-refractivity contribution in [2.75, 3.05) is 38.8 Å². The van der Waals surface area contributed by atoms with Gasteiger partial charge in [-0.2, -0.15) is 0 Å². The molecule has 0 aromatic heterocycles. The number of carbonyl (C=O) groups excluding carboxylic acids is 2. The van der Waals surface area contributed by atoms with E-state index in [9.17, 15) is 18.0 Å². The third-order valence-electron chi connectivity index (χ3n) is 4.36. The average Bonchev–Trinajstić information content (AvgIpc) is 2.52. The summed E-state index contributed by atoms with van der Waals surface area (Å²) in [5, 5.41) is 2.65. The number of hydrogen-bond donors (Lipinski definition) is 1. The molecule has 1 aromatic carbocycles. The van der Waals surface area contributed by atoms with Gasteiger partial charge in [0.1, 0.15) is 11.9 Å². The number of ether oxygens (including phenoxy) is 1. The van der Waals surface area contributed by atoms with Crippen LogP contribution in [0.5, 0.6) is 5.75 Å². The number of likely N-dealkylation sites (N-methyl/N-ethyl adjacent to an activating group) is 1. The van der Waals surface area contributed by atoms with Gasteiger partial charge in [-0.25, -0.2) is 12.7 Å². The lowest BCUT2D eigenvalue weighted by Crippen LogP contribution is -2.46. The molecule has 2 amide bonds. The standard InChI is InChI=1S/C17H25N3O5S/c1-11-9-19(3)17(22)14-8-13(18-12(2)21)6-7-15(14)25-16(11)10-20(4)26(5,23)24/h6-8,11,16H,9-10H2,1-5H3,(H,18,21)/t11-,16+/m0/s1. The van der Waals surface area contributed by atoms with Crippen LogP contribution >= 0.6 is 0 Å². The van der Waals surface area contributed by atoms with E-state index in [2.05, 4.69) is 5.32 Å². The van der Waals surface area contributed by atoms with E-state index in [0.29, 0.717) is 23.5 Å². The van der Waals surface area contributed by atoms with Crippen LogP contribution in [-0.2, 0) is 14.8 Å². The third kappa shape index (κ3) is 4.73. The zero-order valence-corrected chi connectivity index (χ0v) is 16.5. The largest absolute Gasteiger partial charge is 0.488 e. The van der Waals surface area contributed by atoms with Gasteiger partial charge in [0.2, 0.25) is 15.9 Å². The van der Waals surface area contributed by atoms with Gasteiger partial charge in [0.25, 0.3) is 5.91 Å². The van der Waals surface area contributed by atoms with Crippen molar-refractivity contribution in [2.24, 2.45) is 5.92 Å². The first-order valence-corrected chi connectivity index (χ1v) is 10.1. The Morgan fingerprint density at radius 2 is 2.08 bits per heavy atom. The number of carbonyl (C=O) groups is 2. The summed E-state index contributed by atoms with van der Waals surface area (Å²) in [6.07, 6.45) is 0.722. The lowest BCUT2D eigenvalue weighted by atomic mass is 10.0. The molecule has 2 rings (SSSR count). The monoisotopic (exact) mass is 383 g/mol. The van der Waals surface area contributed by atoms with E-state index in [4.69, 9.17) is 4.74 Å². The van der Waals surface area contributed by atoms with Crippen molar-refractivity contribution in [3.8, 4) is 5.75 Å². The molecular weight excluding hydrogens is 358 g/mol. The molecule has 1 N–H and O–H groups in total. The van der Waals surface area contributed by atoms with Crippen LogP contribution in [-0.4, -0.2) is 69.0 Å². The van der Waals surface area contributed by atoms with Crippen molar-refractivity contribution in [3.05, 3.63) is 23.8 Å². The Hall–Kier alpha value is -2.13. The van der Waals surface area contributed by atoms with Crippen LogP contribution in [0, 0.1) is 5.92 Å². The highest BCUT2D eigenvalue weighted by molar-refractivity contribution is 7.88. The Morgan fingerprint density at radius 1 is 1.42 bits per heavy atom. The first-order chi connectivity index (χ1) is 12.0. The van der Waals surface area contributed by atoms with Crippen molar-refractivity contribution in [2.45, 2.75) is 20.0 Å². The topological polar surface area (TPSA) is 96.0 Å². The molecule has 2 atom stereocenters. The van der Waals surface area contributed by atoms with Crippen LogP contribution < -0.4 is 10.1 Å². The zero-order chi connectivity index (χ0) is 19.6.